The van der Waals surface area contributed by atoms with Gasteiger partial charge >= 0.3 is 0 Å². The van der Waals surface area contributed by atoms with Crippen molar-refractivity contribution in [2.45, 2.75) is 25.7 Å². The highest BCUT2D eigenvalue weighted by atomic mass is 16.3. The Morgan fingerprint density at radius 3 is 1.18 bits per heavy atom. The lowest BCUT2D eigenvalue weighted by Crippen LogP contribution is -2.30. The average molecular weight is 577 g/mol. The molecule has 0 aromatic heterocycles. The predicted octanol–water partition coefficient (Wildman–Crippen LogP) is 8.75. The first-order chi connectivity index (χ1) is 21.3. The van der Waals surface area contributed by atoms with Crippen LogP contribution in [-0.4, -0.2) is 20.4 Å². The van der Waals surface area contributed by atoms with Crippen molar-refractivity contribution in [3.05, 3.63) is 166 Å². The van der Waals surface area contributed by atoms with Crippen molar-refractivity contribution in [3.63, 3.8) is 0 Å². The van der Waals surface area contributed by atoms with Gasteiger partial charge in [-0.05, 0) is 111 Å². The van der Waals surface area contributed by atoms with Gasteiger partial charge in [0.2, 0.25) is 0 Å². The van der Waals surface area contributed by atoms with Gasteiger partial charge in [-0.2, -0.15) is 0 Å². The van der Waals surface area contributed by atoms with E-state index >= 15 is 0 Å². The highest BCUT2D eigenvalue weighted by Crippen LogP contribution is 2.58. The average Bonchev–Trinajstić information content (AvgIpc) is 3.55. The summed E-state index contributed by atoms with van der Waals surface area (Å²) in [6.45, 7) is 3.80. The van der Waals surface area contributed by atoms with Gasteiger partial charge in [0.15, 0.2) is 23.0 Å². The number of aromatic hydroxyl groups is 4. The summed E-state index contributed by atoms with van der Waals surface area (Å²) in [5.74, 6) is -0.771. The lowest BCUT2D eigenvalue weighted by molar-refractivity contribution is 0.400. The minimum atomic E-state index is -0.849. The summed E-state index contributed by atoms with van der Waals surface area (Å²) in [6.07, 6.45) is 1.10. The normalized spacial score (nSPS) is 13.2. The van der Waals surface area contributed by atoms with E-state index in [0.717, 1.165) is 50.9 Å². The van der Waals surface area contributed by atoms with Gasteiger partial charge in [-0.25, -0.2) is 0 Å². The summed E-state index contributed by atoms with van der Waals surface area (Å²) in [5.41, 5.74) is 12.3. The molecule has 0 heterocycles. The summed E-state index contributed by atoms with van der Waals surface area (Å²) >= 11 is 0. The number of rotatable bonds is 2. The molecule has 0 radical (unpaired) electrons. The molecule has 2 aliphatic carbocycles. The van der Waals surface area contributed by atoms with Crippen LogP contribution < -0.4 is 0 Å². The molecule has 0 fully saturated rings. The van der Waals surface area contributed by atoms with Gasteiger partial charge < -0.3 is 20.4 Å². The molecule has 0 aliphatic heterocycles. The van der Waals surface area contributed by atoms with Crippen molar-refractivity contribution in [2.75, 3.05) is 0 Å². The number of aryl methyl sites for hydroxylation is 2. The maximum absolute atomic E-state index is 10.5. The van der Waals surface area contributed by atoms with Gasteiger partial charge in [-0.15, -0.1) is 0 Å². The van der Waals surface area contributed by atoms with Crippen LogP contribution in [0.15, 0.2) is 121 Å². The van der Waals surface area contributed by atoms with Crippen LogP contribution in [0, 0.1) is 13.8 Å². The first-order valence-electron chi connectivity index (χ1n) is 14.7. The Morgan fingerprint density at radius 1 is 0.409 bits per heavy atom. The molecule has 0 amide bonds. The van der Waals surface area contributed by atoms with Crippen molar-refractivity contribution in [1.82, 2.24) is 0 Å². The molecule has 0 bridgehead atoms. The third kappa shape index (κ3) is 4.06. The van der Waals surface area contributed by atoms with Crippen LogP contribution in [-0.2, 0) is 11.8 Å². The molecule has 0 unspecified atom stereocenters. The van der Waals surface area contributed by atoms with Crippen molar-refractivity contribution < 1.29 is 20.4 Å². The molecule has 6 aromatic rings. The van der Waals surface area contributed by atoms with Gasteiger partial charge in [0.05, 0.1) is 5.41 Å². The smallest absolute Gasteiger partial charge is 0.157 e. The van der Waals surface area contributed by atoms with E-state index in [1.807, 2.05) is 38.1 Å². The summed E-state index contributed by atoms with van der Waals surface area (Å²) in [4.78, 5) is 0. The highest BCUT2D eigenvalue weighted by molar-refractivity contribution is 5.87. The second-order valence-corrected chi connectivity index (χ2v) is 11.6. The monoisotopic (exact) mass is 576 g/mol. The first-order valence-corrected chi connectivity index (χ1v) is 14.7. The van der Waals surface area contributed by atoms with Gasteiger partial charge in [-0.1, -0.05) is 97.1 Å². The zero-order chi connectivity index (χ0) is 30.6. The Bertz CT molecular complexity index is 1930. The maximum atomic E-state index is 10.5. The topological polar surface area (TPSA) is 80.9 Å². The SMILES string of the molecule is Cc1cc(O)c(O)cc1C1(c2cc(O)c(O)cc2C)c2ccccc2-c2ccccc21.c1ccc2c(c1)Cc1ccccc1-2. The molecule has 2 aliphatic rings. The number of phenols is 4. The predicted molar refractivity (Wildman–Crippen MR) is 175 cm³/mol. The number of fused-ring (bicyclic) bond motifs is 6. The largest absolute Gasteiger partial charge is 0.504 e. The fourth-order valence-corrected chi connectivity index (χ4v) is 7.21. The summed E-state index contributed by atoms with van der Waals surface area (Å²) < 4.78 is 0. The van der Waals surface area contributed by atoms with E-state index in [4.69, 9.17) is 0 Å². The molecule has 6 aromatic carbocycles. The number of phenolic OH excluding ortho intramolecular Hbond substituents is 4. The van der Waals surface area contributed by atoms with Crippen molar-refractivity contribution in [3.8, 4) is 45.3 Å². The minimum Gasteiger partial charge on any atom is -0.504 e. The summed E-state index contributed by atoms with van der Waals surface area (Å²) in [7, 11) is 0. The number of hydrogen-bond acceptors (Lipinski definition) is 4. The van der Waals surface area contributed by atoms with Crippen LogP contribution >= 0.6 is 0 Å². The highest BCUT2D eigenvalue weighted by Gasteiger charge is 2.48. The summed E-state index contributed by atoms with van der Waals surface area (Å²) in [6, 6.07) is 39.8. The molecule has 0 saturated heterocycles. The molecule has 0 spiro atoms. The third-order valence-electron chi connectivity index (χ3n) is 9.11. The summed E-state index contributed by atoms with van der Waals surface area (Å²) in [5, 5.41) is 41.2. The Labute approximate surface area is 256 Å². The molecular weight excluding hydrogens is 544 g/mol. The molecule has 0 atom stereocenters. The van der Waals surface area contributed by atoms with E-state index in [2.05, 4.69) is 72.8 Å². The Hall–Kier alpha value is -5.48. The van der Waals surface area contributed by atoms with Crippen LogP contribution in [0.3, 0.4) is 0 Å². The zero-order valence-electron chi connectivity index (χ0n) is 24.5. The second kappa shape index (κ2) is 10.4. The Morgan fingerprint density at radius 2 is 0.750 bits per heavy atom. The van der Waals surface area contributed by atoms with Crippen molar-refractivity contribution >= 4 is 0 Å². The maximum Gasteiger partial charge on any atom is 0.157 e. The second-order valence-electron chi connectivity index (χ2n) is 11.6. The van der Waals surface area contributed by atoms with Crippen LogP contribution in [0.4, 0.5) is 0 Å². The van der Waals surface area contributed by atoms with E-state index in [9.17, 15) is 20.4 Å². The minimum absolute atomic E-state index is 0.179. The number of hydrogen-bond donors (Lipinski definition) is 4. The van der Waals surface area contributed by atoms with E-state index in [1.54, 1.807) is 24.3 Å². The first kappa shape index (κ1) is 27.4. The lowest BCUT2D eigenvalue weighted by atomic mass is 9.65. The van der Waals surface area contributed by atoms with Crippen molar-refractivity contribution in [2.24, 2.45) is 0 Å². The van der Waals surface area contributed by atoms with E-state index in [-0.39, 0.29) is 23.0 Å². The van der Waals surface area contributed by atoms with Crippen LogP contribution in [0.25, 0.3) is 22.3 Å². The molecule has 44 heavy (non-hydrogen) atoms. The molecule has 216 valence electrons. The molecule has 4 nitrogen and oxygen atoms in total. The lowest BCUT2D eigenvalue weighted by Gasteiger charge is -2.36. The van der Waals surface area contributed by atoms with E-state index in [0.29, 0.717) is 0 Å². The molecule has 0 saturated carbocycles. The fourth-order valence-electron chi connectivity index (χ4n) is 7.21. The van der Waals surface area contributed by atoms with Crippen LogP contribution in [0.5, 0.6) is 23.0 Å². The van der Waals surface area contributed by atoms with Crippen LogP contribution in [0.1, 0.15) is 44.5 Å². The third-order valence-corrected chi connectivity index (χ3v) is 9.11. The van der Waals surface area contributed by atoms with E-state index in [1.165, 1.54) is 22.3 Å². The van der Waals surface area contributed by atoms with Gasteiger partial charge in [0.1, 0.15) is 0 Å². The quantitative estimate of drug-likeness (QED) is 0.155. The Kier molecular flexibility index (Phi) is 6.44. The van der Waals surface area contributed by atoms with Gasteiger partial charge in [-0.3, -0.25) is 0 Å². The Balaban J connectivity index is 0.000000199. The standard InChI is InChI=1S/C27H22O4.C13H10/c1-15-11-23(28)25(30)13-21(15)27(22-14-26(31)24(29)12-16(22)2)19-9-5-3-7-17(19)18-8-4-6-10-20(18)27;1-3-7-12-10(5-1)9-11-6-2-4-8-13(11)12/h3-14,28-31H,1-2H3;1-8H,9H2. The molecule has 4 heteroatoms. The van der Waals surface area contributed by atoms with E-state index < -0.39 is 5.41 Å². The van der Waals surface area contributed by atoms with Crippen molar-refractivity contribution in [1.29, 1.82) is 0 Å². The number of benzene rings is 6. The molecule has 4 N–H and O–H groups in total. The van der Waals surface area contributed by atoms with Gasteiger partial charge in [0, 0.05) is 0 Å². The van der Waals surface area contributed by atoms with Crippen LogP contribution in [0.2, 0.25) is 0 Å². The fraction of sp³-hybridized carbons (Fsp3) is 0.100. The van der Waals surface area contributed by atoms with Gasteiger partial charge in [0.25, 0.3) is 0 Å². The zero-order valence-corrected chi connectivity index (χ0v) is 24.5. The molecular formula is C40H32O4. The molecule has 8 rings (SSSR count).